The third kappa shape index (κ3) is 5.16. The number of hydrogen-bond acceptors (Lipinski definition) is 6. The van der Waals surface area contributed by atoms with E-state index in [-0.39, 0.29) is 24.2 Å². The first-order chi connectivity index (χ1) is 11.9. The quantitative estimate of drug-likeness (QED) is 0.623. The number of carbonyl (C=O) groups excluding carboxylic acids is 2. The summed E-state index contributed by atoms with van der Waals surface area (Å²) in [6.07, 6.45) is -0.0117. The van der Waals surface area contributed by atoms with Crippen LogP contribution in [0.2, 0.25) is 0 Å². The standard InChI is InChI=1S/C17H19N5O2S/c1-10(2)11(3)21-22-17-20-16(24)14(25-17)8-15(23)19-13-7-5-4-6-12(13)9-18/h4-7,10,14H,8H2,1-3H3,(H,19,23)(H,20,22,24)/b21-11+. The van der Waals surface area contributed by atoms with Crippen LogP contribution in [0.25, 0.3) is 0 Å². The highest BCUT2D eigenvalue weighted by Gasteiger charge is 2.32. The Morgan fingerprint density at radius 3 is 2.84 bits per heavy atom. The Hall–Kier alpha value is -2.66. The average molecular weight is 357 g/mol. The molecule has 2 N–H and O–H groups in total. The highest BCUT2D eigenvalue weighted by molar-refractivity contribution is 8.15. The van der Waals surface area contributed by atoms with Gasteiger partial charge in [-0.05, 0) is 25.0 Å². The second-order valence-electron chi connectivity index (χ2n) is 5.81. The summed E-state index contributed by atoms with van der Waals surface area (Å²) in [5.41, 5.74) is 1.67. The van der Waals surface area contributed by atoms with Crippen LogP contribution >= 0.6 is 11.8 Å². The predicted octanol–water partition coefficient (Wildman–Crippen LogP) is 2.51. The minimum atomic E-state index is -0.567. The molecular weight excluding hydrogens is 338 g/mol. The Morgan fingerprint density at radius 1 is 1.44 bits per heavy atom. The van der Waals surface area contributed by atoms with Crippen molar-refractivity contribution in [1.82, 2.24) is 5.32 Å². The zero-order valence-electron chi connectivity index (χ0n) is 14.2. The van der Waals surface area contributed by atoms with Crippen LogP contribution in [0, 0.1) is 17.2 Å². The van der Waals surface area contributed by atoms with Gasteiger partial charge in [-0.25, -0.2) is 0 Å². The summed E-state index contributed by atoms with van der Waals surface area (Å²) in [7, 11) is 0. The minimum absolute atomic E-state index is 0.0117. The predicted molar refractivity (Wildman–Crippen MR) is 99.3 cm³/mol. The van der Waals surface area contributed by atoms with Crippen LogP contribution < -0.4 is 10.6 Å². The molecule has 25 heavy (non-hydrogen) atoms. The summed E-state index contributed by atoms with van der Waals surface area (Å²) in [6, 6.07) is 8.73. The molecule has 0 aromatic heterocycles. The van der Waals surface area contributed by atoms with Crippen LogP contribution in [0.5, 0.6) is 0 Å². The van der Waals surface area contributed by atoms with Crippen LogP contribution in [0.4, 0.5) is 5.69 Å². The lowest BCUT2D eigenvalue weighted by molar-refractivity contribution is -0.122. The number of anilines is 1. The van der Waals surface area contributed by atoms with Crippen LogP contribution in [0.1, 0.15) is 32.8 Å². The molecule has 1 saturated heterocycles. The molecule has 1 atom stereocenters. The van der Waals surface area contributed by atoms with Gasteiger partial charge in [0.1, 0.15) is 11.3 Å². The SMILES string of the molecule is C/C(=N\N=C1\NC(=O)C(CC(=O)Nc2ccccc2C#N)S1)C(C)C. The molecule has 1 aliphatic rings. The molecule has 1 unspecified atom stereocenters. The van der Waals surface area contributed by atoms with E-state index in [0.717, 1.165) is 5.71 Å². The largest absolute Gasteiger partial charge is 0.325 e. The molecule has 0 bridgehead atoms. The van der Waals surface area contributed by atoms with Gasteiger partial charge in [-0.15, -0.1) is 5.10 Å². The van der Waals surface area contributed by atoms with Gasteiger partial charge in [0.2, 0.25) is 11.8 Å². The molecule has 8 heteroatoms. The number of amidine groups is 1. The smallest absolute Gasteiger partial charge is 0.240 e. The van der Waals surface area contributed by atoms with Crippen molar-refractivity contribution in [3.63, 3.8) is 0 Å². The van der Waals surface area contributed by atoms with E-state index in [2.05, 4.69) is 20.8 Å². The normalized spacial score (nSPS) is 19.0. The van der Waals surface area contributed by atoms with Gasteiger partial charge in [0.25, 0.3) is 0 Å². The lowest BCUT2D eigenvalue weighted by Gasteiger charge is -2.08. The Balaban J connectivity index is 1.98. The van der Waals surface area contributed by atoms with Gasteiger partial charge in [-0.3, -0.25) is 9.59 Å². The highest BCUT2D eigenvalue weighted by atomic mass is 32.2. The van der Waals surface area contributed by atoms with Gasteiger partial charge in [0.15, 0.2) is 5.17 Å². The number of thioether (sulfide) groups is 1. The number of carbonyl (C=O) groups is 2. The molecule has 0 saturated carbocycles. The summed E-state index contributed by atoms with van der Waals surface area (Å²) in [5.74, 6) is -0.337. The maximum atomic E-state index is 12.2. The Morgan fingerprint density at radius 2 is 2.16 bits per heavy atom. The number of hydrogen-bond donors (Lipinski definition) is 2. The topological polar surface area (TPSA) is 107 Å². The Bertz CT molecular complexity index is 779. The molecule has 0 radical (unpaired) electrons. The van der Waals surface area contributed by atoms with Crippen LogP contribution in [0.15, 0.2) is 34.5 Å². The second-order valence-corrected chi connectivity index (χ2v) is 7.00. The third-order valence-electron chi connectivity index (χ3n) is 3.60. The van der Waals surface area contributed by atoms with E-state index >= 15 is 0 Å². The number of nitrogens with zero attached hydrogens (tertiary/aromatic N) is 3. The van der Waals surface area contributed by atoms with Gasteiger partial charge in [-0.2, -0.15) is 10.4 Å². The molecule has 2 amide bonds. The van der Waals surface area contributed by atoms with Gasteiger partial charge >= 0.3 is 0 Å². The number of amides is 2. The van der Waals surface area contributed by atoms with E-state index in [9.17, 15) is 9.59 Å². The fraction of sp³-hybridized carbons (Fsp3) is 0.353. The number of para-hydroxylation sites is 1. The minimum Gasteiger partial charge on any atom is -0.325 e. The van der Waals surface area contributed by atoms with Crippen molar-refractivity contribution in [3.05, 3.63) is 29.8 Å². The first kappa shape index (κ1) is 18.7. The number of rotatable bonds is 5. The molecule has 7 nitrogen and oxygen atoms in total. The van der Waals surface area contributed by atoms with Crippen molar-refractivity contribution in [2.75, 3.05) is 5.32 Å². The molecule has 1 aromatic rings. The van der Waals surface area contributed by atoms with Gasteiger partial charge < -0.3 is 10.6 Å². The summed E-state index contributed by atoms with van der Waals surface area (Å²) >= 11 is 1.18. The monoisotopic (exact) mass is 357 g/mol. The van der Waals surface area contributed by atoms with E-state index < -0.39 is 5.25 Å². The van der Waals surface area contributed by atoms with Crippen LogP contribution in [0.3, 0.4) is 0 Å². The van der Waals surface area contributed by atoms with E-state index in [1.807, 2.05) is 26.8 Å². The fourth-order valence-corrected chi connectivity index (χ4v) is 2.80. The lowest BCUT2D eigenvalue weighted by Crippen LogP contribution is -2.28. The van der Waals surface area contributed by atoms with Gasteiger partial charge in [0, 0.05) is 12.1 Å². The summed E-state index contributed by atoms with van der Waals surface area (Å²) < 4.78 is 0. The van der Waals surface area contributed by atoms with Crippen LogP contribution in [-0.2, 0) is 9.59 Å². The number of benzene rings is 1. The molecule has 0 aliphatic carbocycles. The molecule has 130 valence electrons. The van der Waals surface area contributed by atoms with Crippen molar-refractivity contribution in [2.45, 2.75) is 32.4 Å². The second kappa shape index (κ2) is 8.44. The third-order valence-corrected chi connectivity index (χ3v) is 4.68. The van der Waals surface area contributed by atoms with Gasteiger partial charge in [-0.1, -0.05) is 37.7 Å². The van der Waals surface area contributed by atoms with Crippen molar-refractivity contribution < 1.29 is 9.59 Å². The number of nitriles is 1. The molecule has 1 heterocycles. The molecule has 1 fully saturated rings. The zero-order valence-corrected chi connectivity index (χ0v) is 15.1. The van der Waals surface area contributed by atoms with Crippen molar-refractivity contribution in [3.8, 4) is 6.07 Å². The molecule has 2 rings (SSSR count). The molecular formula is C17H19N5O2S. The van der Waals surface area contributed by atoms with Crippen molar-refractivity contribution >= 4 is 40.1 Å². The first-order valence-electron chi connectivity index (χ1n) is 7.79. The van der Waals surface area contributed by atoms with Crippen molar-refractivity contribution in [2.24, 2.45) is 16.1 Å². The van der Waals surface area contributed by atoms with E-state index in [4.69, 9.17) is 5.26 Å². The van der Waals surface area contributed by atoms with Crippen molar-refractivity contribution in [1.29, 1.82) is 5.26 Å². The van der Waals surface area contributed by atoms with E-state index in [1.54, 1.807) is 24.3 Å². The molecule has 1 aliphatic heterocycles. The molecule has 0 spiro atoms. The maximum Gasteiger partial charge on any atom is 0.240 e. The zero-order chi connectivity index (χ0) is 18.4. The lowest BCUT2D eigenvalue weighted by atomic mass is 10.1. The maximum absolute atomic E-state index is 12.2. The summed E-state index contributed by atoms with van der Waals surface area (Å²) in [5, 5.41) is 22.3. The first-order valence-corrected chi connectivity index (χ1v) is 8.67. The summed E-state index contributed by atoms with van der Waals surface area (Å²) in [6.45, 7) is 5.88. The van der Waals surface area contributed by atoms with E-state index in [0.29, 0.717) is 16.4 Å². The Labute approximate surface area is 150 Å². The Kier molecular flexibility index (Phi) is 6.31. The summed E-state index contributed by atoms with van der Waals surface area (Å²) in [4.78, 5) is 24.1. The average Bonchev–Trinajstić information content (AvgIpc) is 2.92. The van der Waals surface area contributed by atoms with Crippen LogP contribution in [-0.4, -0.2) is 27.9 Å². The van der Waals surface area contributed by atoms with E-state index in [1.165, 1.54) is 11.8 Å². The van der Waals surface area contributed by atoms with Gasteiger partial charge in [0.05, 0.1) is 11.3 Å². The fourth-order valence-electron chi connectivity index (χ4n) is 1.89. The molecule has 1 aromatic carbocycles. The highest BCUT2D eigenvalue weighted by Crippen LogP contribution is 2.23. The number of nitrogens with one attached hydrogen (secondary N) is 2.